The molecule has 1 amide bonds. The van der Waals surface area contributed by atoms with Gasteiger partial charge >= 0.3 is 0 Å². The van der Waals surface area contributed by atoms with Crippen LogP contribution in [0.2, 0.25) is 0 Å². The van der Waals surface area contributed by atoms with E-state index in [1.54, 1.807) is 7.05 Å². The summed E-state index contributed by atoms with van der Waals surface area (Å²) >= 11 is 0. The van der Waals surface area contributed by atoms with Crippen LogP contribution in [0.5, 0.6) is 0 Å². The molecule has 0 aromatic carbocycles. The minimum atomic E-state index is -3.43. The molecule has 1 saturated carbocycles. The van der Waals surface area contributed by atoms with Crippen molar-refractivity contribution in [1.82, 2.24) is 13.9 Å². The highest BCUT2D eigenvalue weighted by atomic mass is 32.2. The molecule has 110 valence electrons. The summed E-state index contributed by atoms with van der Waals surface area (Å²) in [5, 5.41) is 2.70. The van der Waals surface area contributed by atoms with Gasteiger partial charge in [-0.2, -0.15) is 17.0 Å². The minimum absolute atomic E-state index is 0.0713. The van der Waals surface area contributed by atoms with Gasteiger partial charge in [-0.3, -0.25) is 4.79 Å². The molecule has 1 saturated heterocycles. The Morgan fingerprint density at radius 1 is 1.21 bits per heavy atom. The first-order chi connectivity index (χ1) is 9.01. The first-order valence-corrected chi connectivity index (χ1v) is 8.41. The zero-order valence-electron chi connectivity index (χ0n) is 11.5. The second-order valence-corrected chi connectivity index (χ2v) is 7.30. The molecule has 0 unspecified atom stereocenters. The number of carbonyl (C=O) groups excluding carboxylic acids is 1. The molecule has 0 aromatic rings. The third kappa shape index (κ3) is 3.46. The highest BCUT2D eigenvalue weighted by Crippen LogP contribution is 2.24. The summed E-state index contributed by atoms with van der Waals surface area (Å²) in [4.78, 5) is 11.3. The molecule has 0 bridgehead atoms. The van der Waals surface area contributed by atoms with Gasteiger partial charge in [-0.1, -0.05) is 19.3 Å². The maximum absolute atomic E-state index is 12.6. The Morgan fingerprint density at radius 3 is 2.58 bits per heavy atom. The molecule has 7 heteroatoms. The van der Waals surface area contributed by atoms with Gasteiger partial charge in [0, 0.05) is 39.1 Å². The van der Waals surface area contributed by atoms with Crippen LogP contribution < -0.4 is 5.32 Å². The van der Waals surface area contributed by atoms with E-state index in [-0.39, 0.29) is 24.9 Å². The van der Waals surface area contributed by atoms with Gasteiger partial charge < -0.3 is 5.32 Å². The first-order valence-electron chi connectivity index (χ1n) is 7.01. The average Bonchev–Trinajstić information content (AvgIpc) is 2.64. The standard InChI is InChI=1S/C12H23N3O3S/c1-14(11-5-3-2-4-6-11)19(17,18)15-9-7-12(16)13-8-10-15/h11H,2-10H2,1H3,(H,13,16). The van der Waals surface area contributed by atoms with Crippen molar-refractivity contribution in [3.05, 3.63) is 0 Å². The van der Waals surface area contributed by atoms with Crippen molar-refractivity contribution in [3.8, 4) is 0 Å². The van der Waals surface area contributed by atoms with Gasteiger partial charge in [-0.15, -0.1) is 0 Å². The second kappa shape index (κ2) is 6.19. The quantitative estimate of drug-likeness (QED) is 0.813. The lowest BCUT2D eigenvalue weighted by Gasteiger charge is -2.33. The highest BCUT2D eigenvalue weighted by Gasteiger charge is 2.33. The second-order valence-electron chi connectivity index (χ2n) is 5.31. The minimum Gasteiger partial charge on any atom is -0.355 e. The summed E-state index contributed by atoms with van der Waals surface area (Å²) in [5.41, 5.74) is 0. The molecule has 0 radical (unpaired) electrons. The Kier molecular flexibility index (Phi) is 4.81. The fourth-order valence-electron chi connectivity index (χ4n) is 2.79. The summed E-state index contributed by atoms with van der Waals surface area (Å²) in [5.74, 6) is -0.0713. The maximum Gasteiger partial charge on any atom is 0.282 e. The number of rotatable bonds is 3. The van der Waals surface area contributed by atoms with E-state index in [1.165, 1.54) is 15.0 Å². The van der Waals surface area contributed by atoms with Crippen LogP contribution in [-0.2, 0) is 15.0 Å². The molecular formula is C12H23N3O3S. The van der Waals surface area contributed by atoms with Gasteiger partial charge in [0.05, 0.1) is 0 Å². The number of amides is 1. The highest BCUT2D eigenvalue weighted by molar-refractivity contribution is 7.86. The molecule has 2 rings (SSSR count). The number of nitrogens with one attached hydrogen (secondary N) is 1. The van der Waals surface area contributed by atoms with E-state index >= 15 is 0 Å². The summed E-state index contributed by atoms with van der Waals surface area (Å²) in [6, 6.07) is 0.116. The Labute approximate surface area is 115 Å². The van der Waals surface area contributed by atoms with Crippen LogP contribution >= 0.6 is 0 Å². The number of nitrogens with zero attached hydrogens (tertiary/aromatic N) is 2. The molecule has 1 aliphatic heterocycles. The third-order valence-corrected chi connectivity index (χ3v) is 6.09. The molecule has 2 aliphatic rings. The van der Waals surface area contributed by atoms with Gasteiger partial charge in [0.2, 0.25) is 5.91 Å². The summed E-state index contributed by atoms with van der Waals surface area (Å²) in [6.45, 7) is 1.05. The van der Waals surface area contributed by atoms with Gasteiger partial charge in [0.1, 0.15) is 0 Å². The molecule has 2 fully saturated rings. The Balaban J connectivity index is 2.05. The van der Waals surface area contributed by atoms with Crippen LogP contribution in [-0.4, -0.2) is 55.7 Å². The zero-order chi connectivity index (χ0) is 13.9. The number of hydrogen-bond acceptors (Lipinski definition) is 3. The third-order valence-electron chi connectivity index (χ3n) is 4.05. The fraction of sp³-hybridized carbons (Fsp3) is 0.917. The van der Waals surface area contributed by atoms with Crippen LogP contribution in [0, 0.1) is 0 Å². The lowest BCUT2D eigenvalue weighted by molar-refractivity contribution is -0.120. The molecule has 1 aliphatic carbocycles. The lowest BCUT2D eigenvalue weighted by Crippen LogP contribution is -2.48. The van der Waals surface area contributed by atoms with Crippen molar-refractivity contribution in [3.63, 3.8) is 0 Å². The molecule has 0 aromatic heterocycles. The van der Waals surface area contributed by atoms with Crippen LogP contribution in [0.1, 0.15) is 38.5 Å². The lowest BCUT2D eigenvalue weighted by atomic mass is 9.96. The van der Waals surface area contributed by atoms with Crippen molar-refractivity contribution in [2.45, 2.75) is 44.6 Å². The summed E-state index contributed by atoms with van der Waals surface area (Å²) in [7, 11) is -1.76. The predicted octanol–water partition coefficient (Wildman–Crippen LogP) is 0.318. The molecule has 6 nitrogen and oxygen atoms in total. The summed E-state index contributed by atoms with van der Waals surface area (Å²) in [6.07, 6.45) is 5.54. The summed E-state index contributed by atoms with van der Waals surface area (Å²) < 4.78 is 28.1. The van der Waals surface area contributed by atoms with Crippen molar-refractivity contribution in [1.29, 1.82) is 0 Å². The molecule has 1 N–H and O–H groups in total. The Bertz CT molecular complexity index is 418. The fourth-order valence-corrected chi connectivity index (χ4v) is 4.39. The van der Waals surface area contributed by atoms with Crippen LogP contribution in [0.4, 0.5) is 0 Å². The van der Waals surface area contributed by atoms with E-state index < -0.39 is 10.2 Å². The first kappa shape index (κ1) is 14.7. The van der Waals surface area contributed by atoms with Crippen LogP contribution in [0.15, 0.2) is 0 Å². The van der Waals surface area contributed by atoms with E-state index in [2.05, 4.69) is 5.32 Å². The van der Waals surface area contributed by atoms with E-state index in [1.807, 2.05) is 0 Å². The number of carbonyl (C=O) groups is 1. The van der Waals surface area contributed by atoms with Crippen molar-refractivity contribution < 1.29 is 13.2 Å². The molecule has 0 spiro atoms. The van der Waals surface area contributed by atoms with Gasteiger partial charge in [-0.05, 0) is 12.8 Å². The van der Waals surface area contributed by atoms with E-state index in [0.717, 1.165) is 25.7 Å². The largest absolute Gasteiger partial charge is 0.355 e. The average molecular weight is 289 g/mol. The van der Waals surface area contributed by atoms with Gasteiger partial charge in [-0.25, -0.2) is 0 Å². The van der Waals surface area contributed by atoms with Gasteiger partial charge in [0.15, 0.2) is 0 Å². The molecule has 19 heavy (non-hydrogen) atoms. The van der Waals surface area contributed by atoms with Crippen molar-refractivity contribution in [2.24, 2.45) is 0 Å². The van der Waals surface area contributed by atoms with E-state index in [4.69, 9.17) is 0 Å². The topological polar surface area (TPSA) is 69.7 Å². The molecular weight excluding hydrogens is 266 g/mol. The van der Waals surface area contributed by atoms with Crippen molar-refractivity contribution >= 4 is 16.1 Å². The molecule has 0 atom stereocenters. The Morgan fingerprint density at radius 2 is 1.89 bits per heavy atom. The maximum atomic E-state index is 12.6. The van der Waals surface area contributed by atoms with Crippen LogP contribution in [0.3, 0.4) is 0 Å². The normalized spacial score (nSPS) is 24.2. The van der Waals surface area contributed by atoms with E-state index in [0.29, 0.717) is 13.1 Å². The molecule has 1 heterocycles. The van der Waals surface area contributed by atoms with Gasteiger partial charge in [0.25, 0.3) is 10.2 Å². The SMILES string of the molecule is CN(C1CCCCC1)S(=O)(=O)N1CCNC(=O)CC1. The number of hydrogen-bond donors (Lipinski definition) is 1. The zero-order valence-corrected chi connectivity index (χ0v) is 12.3. The van der Waals surface area contributed by atoms with Crippen molar-refractivity contribution in [2.75, 3.05) is 26.7 Å². The van der Waals surface area contributed by atoms with Crippen LogP contribution in [0.25, 0.3) is 0 Å². The smallest absolute Gasteiger partial charge is 0.282 e. The van der Waals surface area contributed by atoms with E-state index in [9.17, 15) is 13.2 Å². The predicted molar refractivity (Wildman–Crippen MR) is 72.8 cm³/mol. The Hall–Kier alpha value is -0.660. The monoisotopic (exact) mass is 289 g/mol.